The van der Waals surface area contributed by atoms with E-state index in [-0.39, 0.29) is 0 Å². The molecular formula is C10H19BrO2. The zero-order valence-electron chi connectivity index (χ0n) is 8.30. The van der Waals surface area contributed by atoms with E-state index in [9.17, 15) is 0 Å². The van der Waals surface area contributed by atoms with E-state index >= 15 is 0 Å². The Balaban J connectivity index is 2.05. The third kappa shape index (κ3) is 4.43. The van der Waals surface area contributed by atoms with Crippen LogP contribution >= 0.6 is 15.9 Å². The standard InChI is InChI=1S/C10H19BrO2/c1-2-12-7-8-13-10-6-4-3-5-9(10)11/h9-10H,2-8H2,1H3. The van der Waals surface area contributed by atoms with Crippen molar-refractivity contribution in [2.24, 2.45) is 0 Å². The maximum absolute atomic E-state index is 5.73. The number of hydrogen-bond acceptors (Lipinski definition) is 2. The molecule has 0 heterocycles. The average Bonchev–Trinajstić information content (AvgIpc) is 2.15. The zero-order valence-corrected chi connectivity index (χ0v) is 9.88. The van der Waals surface area contributed by atoms with Gasteiger partial charge in [-0.25, -0.2) is 0 Å². The maximum atomic E-state index is 5.73. The number of hydrogen-bond donors (Lipinski definition) is 0. The Labute approximate surface area is 89.1 Å². The van der Waals surface area contributed by atoms with Crippen molar-refractivity contribution in [2.45, 2.75) is 43.5 Å². The van der Waals surface area contributed by atoms with Crippen LogP contribution in [0.3, 0.4) is 0 Å². The van der Waals surface area contributed by atoms with Gasteiger partial charge in [-0.2, -0.15) is 0 Å². The van der Waals surface area contributed by atoms with Crippen molar-refractivity contribution >= 4 is 15.9 Å². The molecule has 1 saturated carbocycles. The molecule has 1 fully saturated rings. The minimum atomic E-state index is 0.411. The van der Waals surface area contributed by atoms with Crippen molar-refractivity contribution in [3.05, 3.63) is 0 Å². The van der Waals surface area contributed by atoms with E-state index in [2.05, 4.69) is 15.9 Å². The van der Waals surface area contributed by atoms with Crippen molar-refractivity contribution < 1.29 is 9.47 Å². The van der Waals surface area contributed by atoms with Gasteiger partial charge in [0, 0.05) is 11.4 Å². The number of halogens is 1. The summed E-state index contributed by atoms with van der Waals surface area (Å²) in [5.74, 6) is 0. The highest BCUT2D eigenvalue weighted by atomic mass is 79.9. The first-order valence-corrected chi connectivity index (χ1v) is 6.09. The second-order valence-electron chi connectivity index (χ2n) is 3.41. The fraction of sp³-hybridized carbons (Fsp3) is 1.00. The first-order valence-electron chi connectivity index (χ1n) is 5.18. The molecule has 0 amide bonds. The fourth-order valence-corrected chi connectivity index (χ4v) is 2.38. The first-order chi connectivity index (χ1) is 6.34. The Morgan fingerprint density at radius 2 is 2.00 bits per heavy atom. The largest absolute Gasteiger partial charge is 0.379 e. The summed E-state index contributed by atoms with van der Waals surface area (Å²) < 4.78 is 10.9. The zero-order chi connectivity index (χ0) is 9.52. The quantitative estimate of drug-likeness (QED) is 0.552. The molecule has 0 N–H and O–H groups in total. The van der Waals surface area contributed by atoms with Crippen LogP contribution in [-0.2, 0) is 9.47 Å². The highest BCUT2D eigenvalue weighted by Crippen LogP contribution is 2.26. The van der Waals surface area contributed by atoms with E-state index in [1.807, 2.05) is 6.92 Å². The van der Waals surface area contributed by atoms with Crippen LogP contribution in [0.15, 0.2) is 0 Å². The molecule has 0 spiro atoms. The van der Waals surface area contributed by atoms with Gasteiger partial charge in [-0.1, -0.05) is 28.8 Å². The lowest BCUT2D eigenvalue weighted by molar-refractivity contribution is -0.00378. The van der Waals surface area contributed by atoms with Gasteiger partial charge < -0.3 is 9.47 Å². The highest BCUT2D eigenvalue weighted by Gasteiger charge is 2.22. The van der Waals surface area contributed by atoms with E-state index in [1.165, 1.54) is 25.7 Å². The summed E-state index contributed by atoms with van der Waals surface area (Å²) in [4.78, 5) is 0.558. The fourth-order valence-electron chi connectivity index (χ4n) is 1.64. The van der Waals surface area contributed by atoms with E-state index in [0.717, 1.165) is 19.8 Å². The van der Waals surface area contributed by atoms with Gasteiger partial charge in [0.1, 0.15) is 0 Å². The molecule has 3 heteroatoms. The maximum Gasteiger partial charge on any atom is 0.0704 e. The third-order valence-corrected chi connectivity index (χ3v) is 3.43. The lowest BCUT2D eigenvalue weighted by Gasteiger charge is -2.27. The average molecular weight is 251 g/mol. The Bertz CT molecular complexity index is 130. The summed E-state index contributed by atoms with van der Waals surface area (Å²) in [6.45, 7) is 4.26. The van der Waals surface area contributed by atoms with Gasteiger partial charge in [0.2, 0.25) is 0 Å². The molecule has 2 nitrogen and oxygen atoms in total. The lowest BCUT2D eigenvalue weighted by Crippen LogP contribution is -2.29. The van der Waals surface area contributed by atoms with Crippen molar-refractivity contribution in [1.29, 1.82) is 0 Å². The molecule has 1 aliphatic carbocycles. The van der Waals surface area contributed by atoms with Crippen LogP contribution in [0.2, 0.25) is 0 Å². The predicted octanol–water partition coefficient (Wildman–Crippen LogP) is 2.75. The molecule has 0 aliphatic heterocycles. The second-order valence-corrected chi connectivity index (χ2v) is 4.58. The highest BCUT2D eigenvalue weighted by molar-refractivity contribution is 9.09. The molecule has 0 aromatic carbocycles. The van der Waals surface area contributed by atoms with Crippen molar-refractivity contribution in [3.63, 3.8) is 0 Å². The van der Waals surface area contributed by atoms with Crippen LogP contribution in [0.25, 0.3) is 0 Å². The van der Waals surface area contributed by atoms with Gasteiger partial charge in [-0.15, -0.1) is 0 Å². The number of alkyl halides is 1. The van der Waals surface area contributed by atoms with Crippen molar-refractivity contribution in [1.82, 2.24) is 0 Å². The van der Waals surface area contributed by atoms with E-state index in [0.29, 0.717) is 10.9 Å². The van der Waals surface area contributed by atoms with Crippen LogP contribution in [0.5, 0.6) is 0 Å². The summed E-state index contributed by atoms with van der Waals surface area (Å²) in [6.07, 6.45) is 5.50. The van der Waals surface area contributed by atoms with Gasteiger partial charge in [0.15, 0.2) is 0 Å². The number of rotatable bonds is 5. The van der Waals surface area contributed by atoms with Gasteiger partial charge in [-0.3, -0.25) is 0 Å². The summed E-state index contributed by atoms with van der Waals surface area (Å²) in [5.41, 5.74) is 0. The molecule has 1 aliphatic rings. The summed E-state index contributed by atoms with van der Waals surface area (Å²) in [6, 6.07) is 0. The Kier molecular flexibility index (Phi) is 6.00. The normalized spacial score (nSPS) is 29.1. The molecule has 13 heavy (non-hydrogen) atoms. The van der Waals surface area contributed by atoms with E-state index in [1.54, 1.807) is 0 Å². The second kappa shape index (κ2) is 6.80. The van der Waals surface area contributed by atoms with Crippen LogP contribution < -0.4 is 0 Å². The topological polar surface area (TPSA) is 18.5 Å². The number of ether oxygens (including phenoxy) is 2. The van der Waals surface area contributed by atoms with Crippen LogP contribution in [0, 0.1) is 0 Å². The Morgan fingerprint density at radius 1 is 1.23 bits per heavy atom. The van der Waals surface area contributed by atoms with Gasteiger partial charge >= 0.3 is 0 Å². The van der Waals surface area contributed by atoms with E-state index in [4.69, 9.17) is 9.47 Å². The Hall–Kier alpha value is 0.400. The minimum absolute atomic E-state index is 0.411. The van der Waals surface area contributed by atoms with Crippen LogP contribution in [0.1, 0.15) is 32.6 Å². The molecule has 0 saturated heterocycles. The molecule has 0 radical (unpaired) electrons. The van der Waals surface area contributed by atoms with Crippen molar-refractivity contribution in [3.8, 4) is 0 Å². The first kappa shape index (κ1) is 11.5. The summed E-state index contributed by atoms with van der Waals surface area (Å²) in [5, 5.41) is 0. The Morgan fingerprint density at radius 3 is 2.69 bits per heavy atom. The lowest BCUT2D eigenvalue weighted by atomic mass is 9.98. The molecule has 1 rings (SSSR count). The minimum Gasteiger partial charge on any atom is -0.379 e. The molecule has 0 bridgehead atoms. The van der Waals surface area contributed by atoms with E-state index < -0.39 is 0 Å². The van der Waals surface area contributed by atoms with Gasteiger partial charge in [-0.05, 0) is 19.8 Å². The van der Waals surface area contributed by atoms with Gasteiger partial charge in [0.05, 0.1) is 19.3 Å². The van der Waals surface area contributed by atoms with Crippen molar-refractivity contribution in [2.75, 3.05) is 19.8 Å². The molecule has 2 atom stereocenters. The van der Waals surface area contributed by atoms with Crippen LogP contribution in [0.4, 0.5) is 0 Å². The molecule has 2 unspecified atom stereocenters. The molecular weight excluding hydrogens is 232 g/mol. The summed E-state index contributed by atoms with van der Waals surface area (Å²) in [7, 11) is 0. The molecule has 0 aromatic rings. The summed E-state index contributed by atoms with van der Waals surface area (Å²) >= 11 is 3.66. The molecule has 0 aromatic heterocycles. The third-order valence-electron chi connectivity index (χ3n) is 2.39. The van der Waals surface area contributed by atoms with Gasteiger partial charge in [0.25, 0.3) is 0 Å². The predicted molar refractivity (Wildman–Crippen MR) is 57.4 cm³/mol. The smallest absolute Gasteiger partial charge is 0.0704 e. The van der Waals surface area contributed by atoms with Crippen LogP contribution in [-0.4, -0.2) is 30.8 Å². The monoisotopic (exact) mass is 250 g/mol. The SMILES string of the molecule is CCOCCOC1CCCCC1Br. The molecule has 78 valence electrons.